The quantitative estimate of drug-likeness (QED) is 0.529. The largest absolute Gasteiger partial charge is 0.336 e. The molecule has 1 aliphatic heterocycles. The summed E-state index contributed by atoms with van der Waals surface area (Å²) in [6.07, 6.45) is 4.92. The van der Waals surface area contributed by atoms with Crippen molar-refractivity contribution in [2.24, 2.45) is 0 Å². The van der Waals surface area contributed by atoms with E-state index >= 15 is 0 Å². The predicted octanol–water partition coefficient (Wildman–Crippen LogP) is 4.45. The third-order valence-electron chi connectivity index (χ3n) is 3.85. The van der Waals surface area contributed by atoms with Crippen molar-refractivity contribution in [3.63, 3.8) is 0 Å². The molecular formula is C17H23ClN2O2S2. The van der Waals surface area contributed by atoms with Crippen molar-refractivity contribution < 1.29 is 9.59 Å². The number of rotatable bonds is 8. The van der Waals surface area contributed by atoms with Crippen LogP contribution in [0.3, 0.4) is 0 Å². The summed E-state index contributed by atoms with van der Waals surface area (Å²) in [5.41, 5.74) is 0.567. The van der Waals surface area contributed by atoms with Crippen LogP contribution in [0.2, 0.25) is 5.02 Å². The van der Waals surface area contributed by atoms with Crippen molar-refractivity contribution in [1.82, 2.24) is 4.90 Å². The number of nitrogens with zero attached hydrogens (tertiary/aromatic N) is 1. The number of likely N-dealkylation sites (N-methyl/N-ethyl adjacent to an activating group) is 1. The lowest BCUT2D eigenvalue weighted by Crippen LogP contribution is -2.34. The van der Waals surface area contributed by atoms with E-state index < -0.39 is 0 Å². The van der Waals surface area contributed by atoms with Gasteiger partial charge in [0.05, 0.1) is 17.3 Å². The van der Waals surface area contributed by atoms with Gasteiger partial charge < -0.3 is 10.2 Å². The highest BCUT2D eigenvalue weighted by Gasteiger charge is 2.17. The number of carbonyl (C=O) groups excluding carboxylic acids is 2. The highest BCUT2D eigenvalue weighted by atomic mass is 35.5. The highest BCUT2D eigenvalue weighted by Crippen LogP contribution is 2.39. The van der Waals surface area contributed by atoms with Gasteiger partial charge in [0.1, 0.15) is 0 Å². The molecule has 24 heavy (non-hydrogen) atoms. The van der Waals surface area contributed by atoms with E-state index in [1.54, 1.807) is 31.3 Å². The van der Waals surface area contributed by atoms with E-state index in [2.05, 4.69) is 5.32 Å². The summed E-state index contributed by atoms with van der Waals surface area (Å²) in [6, 6.07) is 7.06. The standard InChI is InChI=1S/C17H23ClN2O2S2/c1-20(12-16(21)19-15-8-4-3-7-14(15)18)17(22)9-5-2-6-13-10-11-23-24-13/h3-4,7-8,13H,2,5-6,9-12H2,1H3,(H,19,21)/t13-/m1/s1. The summed E-state index contributed by atoms with van der Waals surface area (Å²) in [5.74, 6) is 1.02. The minimum Gasteiger partial charge on any atom is -0.336 e. The maximum absolute atomic E-state index is 12.1. The first kappa shape index (κ1) is 19.5. The van der Waals surface area contributed by atoms with E-state index in [1.807, 2.05) is 21.6 Å². The van der Waals surface area contributed by atoms with E-state index in [9.17, 15) is 9.59 Å². The molecule has 1 N–H and O–H groups in total. The zero-order valence-corrected chi connectivity index (χ0v) is 16.2. The van der Waals surface area contributed by atoms with Crippen LogP contribution in [0, 0.1) is 0 Å². The average molecular weight is 387 g/mol. The molecule has 0 saturated carbocycles. The molecule has 1 heterocycles. The van der Waals surface area contributed by atoms with Gasteiger partial charge >= 0.3 is 0 Å². The van der Waals surface area contributed by atoms with Gasteiger partial charge in [0.2, 0.25) is 11.8 Å². The second-order valence-electron chi connectivity index (χ2n) is 5.85. The fourth-order valence-corrected chi connectivity index (χ4v) is 5.67. The van der Waals surface area contributed by atoms with Crippen molar-refractivity contribution in [3.05, 3.63) is 29.3 Å². The second kappa shape index (κ2) is 10.2. The van der Waals surface area contributed by atoms with Gasteiger partial charge in [-0.15, -0.1) is 0 Å². The third-order valence-corrected chi connectivity index (χ3v) is 7.18. The molecule has 1 saturated heterocycles. The number of unbranched alkanes of at least 4 members (excludes halogenated alkanes) is 1. The van der Waals surface area contributed by atoms with Crippen LogP contribution in [-0.2, 0) is 9.59 Å². The van der Waals surface area contributed by atoms with Crippen LogP contribution >= 0.6 is 33.2 Å². The molecule has 1 aromatic carbocycles. The molecular weight excluding hydrogens is 364 g/mol. The molecule has 0 bridgehead atoms. The van der Waals surface area contributed by atoms with Gasteiger partial charge in [0.25, 0.3) is 0 Å². The smallest absolute Gasteiger partial charge is 0.244 e. The average Bonchev–Trinajstić information content (AvgIpc) is 3.07. The van der Waals surface area contributed by atoms with Crippen molar-refractivity contribution in [3.8, 4) is 0 Å². The van der Waals surface area contributed by atoms with Crippen LogP contribution in [0.5, 0.6) is 0 Å². The number of hydrogen-bond donors (Lipinski definition) is 1. The molecule has 0 aromatic heterocycles. The normalized spacial score (nSPS) is 16.8. The van der Waals surface area contributed by atoms with Crippen molar-refractivity contribution in [2.45, 2.75) is 37.4 Å². The second-order valence-corrected chi connectivity index (χ2v) is 9.05. The number of carbonyl (C=O) groups is 2. The Morgan fingerprint density at radius 3 is 2.83 bits per heavy atom. The predicted molar refractivity (Wildman–Crippen MR) is 105 cm³/mol. The number of para-hydroxylation sites is 1. The lowest BCUT2D eigenvalue weighted by Gasteiger charge is -2.17. The van der Waals surface area contributed by atoms with E-state index in [4.69, 9.17) is 11.6 Å². The zero-order chi connectivity index (χ0) is 17.4. The van der Waals surface area contributed by atoms with Gasteiger partial charge in [0.15, 0.2) is 0 Å². The Hall–Kier alpha value is -0.850. The molecule has 1 atom stereocenters. The summed E-state index contributed by atoms with van der Waals surface area (Å²) >= 11 is 6.01. The van der Waals surface area contributed by atoms with Crippen LogP contribution in [0.4, 0.5) is 5.69 Å². The van der Waals surface area contributed by atoms with Gasteiger partial charge in [-0.25, -0.2) is 0 Å². The van der Waals surface area contributed by atoms with Gasteiger partial charge in [-0.3, -0.25) is 9.59 Å². The van der Waals surface area contributed by atoms with Gasteiger partial charge in [0, 0.05) is 24.5 Å². The third kappa shape index (κ3) is 6.57. The SMILES string of the molecule is CN(CC(=O)Nc1ccccc1Cl)C(=O)CCCC[C@@H]1CCSS1. The van der Waals surface area contributed by atoms with E-state index in [0.717, 1.165) is 18.1 Å². The Morgan fingerprint density at radius 2 is 2.12 bits per heavy atom. The fourth-order valence-electron chi connectivity index (χ4n) is 2.46. The summed E-state index contributed by atoms with van der Waals surface area (Å²) in [4.78, 5) is 25.6. The molecule has 2 rings (SSSR count). The van der Waals surface area contributed by atoms with Crippen molar-refractivity contribution in [1.29, 1.82) is 0 Å². The minimum absolute atomic E-state index is 0.0118. The summed E-state index contributed by atoms with van der Waals surface area (Å²) < 4.78 is 0. The molecule has 1 aromatic rings. The number of benzene rings is 1. The van der Waals surface area contributed by atoms with Crippen molar-refractivity contribution in [2.75, 3.05) is 24.7 Å². The van der Waals surface area contributed by atoms with Gasteiger partial charge in [-0.2, -0.15) is 0 Å². The molecule has 7 heteroatoms. The molecule has 1 aliphatic rings. The highest BCUT2D eigenvalue weighted by molar-refractivity contribution is 8.77. The first-order valence-corrected chi connectivity index (χ1v) is 10.9. The van der Waals surface area contributed by atoms with E-state index in [-0.39, 0.29) is 18.4 Å². The zero-order valence-electron chi connectivity index (χ0n) is 13.8. The number of nitrogens with one attached hydrogen (secondary N) is 1. The van der Waals surface area contributed by atoms with Crippen LogP contribution in [0.25, 0.3) is 0 Å². The first-order valence-electron chi connectivity index (χ1n) is 8.13. The maximum Gasteiger partial charge on any atom is 0.244 e. The molecule has 0 unspecified atom stereocenters. The molecule has 0 radical (unpaired) electrons. The van der Waals surface area contributed by atoms with Crippen molar-refractivity contribution >= 4 is 50.7 Å². The molecule has 132 valence electrons. The number of hydrogen-bond acceptors (Lipinski definition) is 4. The monoisotopic (exact) mass is 386 g/mol. The minimum atomic E-state index is -0.238. The maximum atomic E-state index is 12.1. The Kier molecular flexibility index (Phi) is 8.29. The number of amides is 2. The summed E-state index contributed by atoms with van der Waals surface area (Å²) in [5, 5.41) is 3.97. The number of halogens is 1. The van der Waals surface area contributed by atoms with E-state index in [0.29, 0.717) is 17.1 Å². The summed E-state index contributed by atoms with van der Waals surface area (Å²) in [6.45, 7) is 0.0408. The number of anilines is 1. The molecule has 4 nitrogen and oxygen atoms in total. The summed E-state index contributed by atoms with van der Waals surface area (Å²) in [7, 11) is 5.59. The van der Waals surface area contributed by atoms with Crippen LogP contribution < -0.4 is 5.32 Å². The Morgan fingerprint density at radius 1 is 1.33 bits per heavy atom. The van der Waals surface area contributed by atoms with Crippen LogP contribution in [0.1, 0.15) is 32.1 Å². The topological polar surface area (TPSA) is 49.4 Å². The van der Waals surface area contributed by atoms with E-state index in [1.165, 1.54) is 23.5 Å². The molecule has 1 fully saturated rings. The Bertz CT molecular complexity index is 565. The first-order chi connectivity index (χ1) is 11.6. The van der Waals surface area contributed by atoms with Crippen LogP contribution in [0.15, 0.2) is 24.3 Å². The molecule has 2 amide bonds. The van der Waals surface area contributed by atoms with Gasteiger partial charge in [-0.05, 0) is 31.4 Å². The lowest BCUT2D eigenvalue weighted by molar-refractivity contribution is -0.133. The van der Waals surface area contributed by atoms with Crippen LogP contribution in [-0.4, -0.2) is 41.3 Å². The Labute approximate surface area is 156 Å². The fraction of sp³-hybridized carbons (Fsp3) is 0.529. The van der Waals surface area contributed by atoms with Gasteiger partial charge in [-0.1, -0.05) is 51.7 Å². The molecule has 0 spiro atoms. The lowest BCUT2D eigenvalue weighted by atomic mass is 10.1. The Balaban J connectivity index is 1.65. The molecule has 0 aliphatic carbocycles.